The minimum Gasteiger partial charge on any atom is -0.487 e. The molecule has 0 saturated carbocycles. The highest BCUT2D eigenvalue weighted by Gasteiger charge is 2.08. The van der Waals surface area contributed by atoms with Gasteiger partial charge in [0.15, 0.2) is 11.3 Å². The Balaban J connectivity index is 2.81. The predicted molar refractivity (Wildman–Crippen MR) is 66.5 cm³/mol. The van der Waals surface area contributed by atoms with E-state index >= 15 is 0 Å². The molecule has 0 fully saturated rings. The van der Waals surface area contributed by atoms with Crippen molar-refractivity contribution in [2.45, 2.75) is 0 Å². The molecule has 0 aliphatic carbocycles. The zero-order chi connectivity index (χ0) is 10.1. The Morgan fingerprint density at radius 2 is 2.29 bits per heavy atom. The van der Waals surface area contributed by atoms with Crippen molar-refractivity contribution < 1.29 is 9.53 Å². The number of hydrogen-bond acceptors (Lipinski definition) is 3. The van der Waals surface area contributed by atoms with Crippen LogP contribution in [0.25, 0.3) is 10.1 Å². The maximum Gasteiger partial charge on any atom is 0.174 e. The summed E-state index contributed by atoms with van der Waals surface area (Å²) < 4.78 is 7.30. The van der Waals surface area contributed by atoms with Crippen LogP contribution in [0.3, 0.4) is 0 Å². The van der Waals surface area contributed by atoms with E-state index in [9.17, 15) is 4.79 Å². The van der Waals surface area contributed by atoms with E-state index in [1.807, 2.05) is 18.2 Å². The van der Waals surface area contributed by atoms with Gasteiger partial charge in [0.25, 0.3) is 0 Å². The molecule has 0 spiro atoms. The number of fused-ring (bicyclic) bond motifs is 1. The van der Waals surface area contributed by atoms with Crippen LogP contribution in [0.4, 0.5) is 0 Å². The van der Waals surface area contributed by atoms with Crippen molar-refractivity contribution in [1.82, 2.24) is 0 Å². The molecule has 2 nitrogen and oxygen atoms in total. The summed E-state index contributed by atoms with van der Waals surface area (Å²) in [6, 6.07) is 5.75. The molecular formula is C10H7IO2S. The van der Waals surface area contributed by atoms with E-state index in [1.165, 1.54) is 11.3 Å². The van der Waals surface area contributed by atoms with Gasteiger partial charge in [0.1, 0.15) is 0 Å². The normalized spacial score (nSPS) is 10.4. The fraction of sp³-hybridized carbons (Fsp3) is 0.100. The van der Waals surface area contributed by atoms with Gasteiger partial charge in [-0.3, -0.25) is 4.79 Å². The molecule has 0 atom stereocenters. The first-order valence-corrected chi connectivity index (χ1v) is 5.87. The van der Waals surface area contributed by atoms with Gasteiger partial charge in [-0.2, -0.15) is 0 Å². The van der Waals surface area contributed by atoms with Gasteiger partial charge in [-0.25, -0.2) is 0 Å². The molecule has 0 aliphatic heterocycles. The molecule has 0 bridgehead atoms. The average molecular weight is 318 g/mol. The summed E-state index contributed by atoms with van der Waals surface area (Å²) in [5, 5.41) is 1.93. The summed E-state index contributed by atoms with van der Waals surface area (Å²) in [5.74, 6) is 0. The summed E-state index contributed by atoms with van der Waals surface area (Å²) in [4.78, 5) is 10.8. The molecule has 1 aromatic carbocycles. The number of thiophene rings is 1. The van der Waals surface area contributed by atoms with Crippen LogP contribution in [0.1, 0.15) is 10.4 Å². The van der Waals surface area contributed by atoms with Crippen molar-refractivity contribution in [3.8, 4) is 5.06 Å². The van der Waals surface area contributed by atoms with E-state index in [2.05, 4.69) is 22.6 Å². The minimum atomic E-state index is 0.730. The van der Waals surface area contributed by atoms with Crippen LogP contribution < -0.4 is 4.74 Å². The smallest absolute Gasteiger partial charge is 0.174 e. The summed E-state index contributed by atoms with van der Waals surface area (Å²) in [6.07, 6.45) is 0.883. The van der Waals surface area contributed by atoms with Crippen LogP contribution in [-0.4, -0.2) is 13.4 Å². The van der Waals surface area contributed by atoms with E-state index in [-0.39, 0.29) is 0 Å². The van der Waals surface area contributed by atoms with Crippen molar-refractivity contribution >= 4 is 50.3 Å². The Labute approximate surface area is 99.0 Å². The predicted octanol–water partition coefficient (Wildman–Crippen LogP) is 3.33. The van der Waals surface area contributed by atoms with E-state index in [1.54, 1.807) is 7.11 Å². The SMILES string of the molecule is COc1cc2c(I)ccc(C=O)c2s1. The van der Waals surface area contributed by atoms with Gasteiger partial charge < -0.3 is 4.74 Å². The molecule has 1 heterocycles. The van der Waals surface area contributed by atoms with Gasteiger partial charge in [-0.15, -0.1) is 0 Å². The van der Waals surface area contributed by atoms with Crippen molar-refractivity contribution in [3.05, 3.63) is 27.3 Å². The van der Waals surface area contributed by atoms with Crippen molar-refractivity contribution in [2.24, 2.45) is 0 Å². The monoisotopic (exact) mass is 318 g/mol. The van der Waals surface area contributed by atoms with Crippen molar-refractivity contribution in [1.29, 1.82) is 0 Å². The lowest BCUT2D eigenvalue weighted by molar-refractivity contribution is 0.112. The van der Waals surface area contributed by atoms with Gasteiger partial charge in [0.05, 0.1) is 7.11 Å². The second-order valence-corrected chi connectivity index (χ2v) is 4.94. The maximum atomic E-state index is 10.8. The standard InChI is InChI=1S/C10H7IO2S/c1-13-9-4-7-8(11)3-2-6(5-12)10(7)14-9/h2-5H,1H3. The fourth-order valence-corrected chi connectivity index (χ4v) is 3.04. The topological polar surface area (TPSA) is 26.3 Å². The van der Waals surface area contributed by atoms with Crippen molar-refractivity contribution in [3.63, 3.8) is 0 Å². The molecule has 4 heteroatoms. The van der Waals surface area contributed by atoms with E-state index in [4.69, 9.17) is 4.74 Å². The highest BCUT2D eigenvalue weighted by molar-refractivity contribution is 14.1. The van der Waals surface area contributed by atoms with Crippen LogP contribution in [0.2, 0.25) is 0 Å². The molecule has 72 valence electrons. The second kappa shape index (κ2) is 3.86. The number of rotatable bonds is 2. The van der Waals surface area contributed by atoms with Crippen LogP contribution in [0.5, 0.6) is 5.06 Å². The number of benzene rings is 1. The third-order valence-corrected chi connectivity index (χ3v) is 4.05. The number of ether oxygens (including phenoxy) is 1. The summed E-state index contributed by atoms with van der Waals surface area (Å²) in [6.45, 7) is 0. The van der Waals surface area contributed by atoms with Crippen LogP contribution in [-0.2, 0) is 0 Å². The number of methoxy groups -OCH3 is 1. The molecule has 0 unspecified atom stereocenters. The molecular weight excluding hydrogens is 311 g/mol. The summed E-state index contributed by atoms with van der Waals surface area (Å²) in [7, 11) is 1.64. The zero-order valence-corrected chi connectivity index (χ0v) is 10.4. The largest absolute Gasteiger partial charge is 0.487 e. The van der Waals surface area contributed by atoms with Crippen LogP contribution in [0, 0.1) is 3.57 Å². The van der Waals surface area contributed by atoms with Crippen LogP contribution >= 0.6 is 33.9 Å². The Morgan fingerprint density at radius 3 is 2.93 bits per heavy atom. The molecule has 14 heavy (non-hydrogen) atoms. The number of carbonyl (C=O) groups excluding carboxylic acids is 1. The molecule has 2 rings (SSSR count). The highest BCUT2D eigenvalue weighted by atomic mass is 127. The van der Waals surface area contributed by atoms with Gasteiger partial charge >= 0.3 is 0 Å². The summed E-state index contributed by atoms with van der Waals surface area (Å²) in [5.41, 5.74) is 0.730. The van der Waals surface area contributed by atoms with E-state index in [0.717, 1.165) is 30.6 Å². The second-order valence-electron chi connectivity index (χ2n) is 2.77. The van der Waals surface area contributed by atoms with E-state index < -0.39 is 0 Å². The van der Waals surface area contributed by atoms with Gasteiger partial charge in [0.2, 0.25) is 0 Å². The van der Waals surface area contributed by atoms with Gasteiger partial charge in [-0.1, -0.05) is 11.3 Å². The highest BCUT2D eigenvalue weighted by Crippen LogP contribution is 2.35. The third kappa shape index (κ3) is 1.52. The first kappa shape index (κ1) is 9.92. The summed E-state index contributed by atoms with van der Waals surface area (Å²) >= 11 is 3.76. The molecule has 0 radical (unpaired) electrons. The Hall–Kier alpha value is -0.620. The minimum absolute atomic E-state index is 0.730. The third-order valence-electron chi connectivity index (χ3n) is 1.97. The first-order chi connectivity index (χ1) is 6.76. The Bertz CT molecular complexity index is 490. The Morgan fingerprint density at radius 1 is 1.50 bits per heavy atom. The number of aldehydes is 1. The molecule has 0 aliphatic rings. The first-order valence-electron chi connectivity index (χ1n) is 3.97. The van der Waals surface area contributed by atoms with E-state index in [0.29, 0.717) is 0 Å². The molecule has 2 aromatic rings. The number of hydrogen-bond donors (Lipinski definition) is 0. The lowest BCUT2D eigenvalue weighted by atomic mass is 10.2. The quantitative estimate of drug-likeness (QED) is 0.627. The zero-order valence-electron chi connectivity index (χ0n) is 7.41. The molecule has 0 saturated heterocycles. The molecule has 1 aromatic heterocycles. The molecule has 0 N–H and O–H groups in total. The lowest BCUT2D eigenvalue weighted by Crippen LogP contribution is -1.80. The van der Waals surface area contributed by atoms with Crippen LogP contribution in [0.15, 0.2) is 18.2 Å². The lowest BCUT2D eigenvalue weighted by Gasteiger charge is -1.95. The maximum absolute atomic E-state index is 10.8. The fourth-order valence-electron chi connectivity index (χ4n) is 1.28. The van der Waals surface area contributed by atoms with Gasteiger partial charge in [0, 0.05) is 25.3 Å². The Kier molecular flexibility index (Phi) is 2.73. The number of halogens is 1. The van der Waals surface area contributed by atoms with Gasteiger partial charge in [-0.05, 0) is 34.7 Å². The molecule has 0 amide bonds. The van der Waals surface area contributed by atoms with Crippen molar-refractivity contribution in [2.75, 3.05) is 7.11 Å². The average Bonchev–Trinajstić information content (AvgIpc) is 2.63. The number of carbonyl (C=O) groups is 1.